The maximum absolute atomic E-state index is 10.8. The maximum Gasteiger partial charge on any atom is 0.308 e. The van der Waals surface area contributed by atoms with Crippen LogP contribution >= 0.6 is 0 Å². The highest BCUT2D eigenvalue weighted by molar-refractivity contribution is 7.84. The third-order valence-electron chi connectivity index (χ3n) is 2.38. The number of fused-ring (bicyclic) bond motifs is 1. The van der Waals surface area contributed by atoms with E-state index in [9.17, 15) is 4.79 Å². The van der Waals surface area contributed by atoms with Crippen LogP contribution in [0.15, 0.2) is 36.4 Å². The van der Waals surface area contributed by atoms with Gasteiger partial charge in [-0.2, -0.15) is 0 Å². The number of nitrogen functional groups attached to an aromatic ring is 1. The van der Waals surface area contributed by atoms with E-state index in [4.69, 9.17) is 28.9 Å². The first-order chi connectivity index (χ1) is 10.1. The summed E-state index contributed by atoms with van der Waals surface area (Å²) in [5.41, 5.74) is 6.09. The van der Waals surface area contributed by atoms with E-state index < -0.39 is 10.1 Å². The smallest absolute Gasteiger partial charge is 0.308 e. The van der Waals surface area contributed by atoms with Crippen molar-refractivity contribution in [3.8, 4) is 5.75 Å². The predicted molar refractivity (Wildman–Crippen MR) is 81.9 cm³/mol. The van der Waals surface area contributed by atoms with Gasteiger partial charge in [-0.3, -0.25) is 10.2 Å². The second-order valence-corrected chi connectivity index (χ2v) is 5.84. The Morgan fingerprint density at radius 1 is 1.18 bits per heavy atom. The van der Waals surface area contributed by atoms with Gasteiger partial charge in [0, 0.05) is 18.7 Å². The molecule has 0 saturated heterocycles. The molecule has 0 aliphatic rings. The van der Waals surface area contributed by atoms with E-state index in [1.54, 1.807) is 18.2 Å². The summed E-state index contributed by atoms with van der Waals surface area (Å²) < 4.78 is 32.2. The van der Waals surface area contributed by atoms with Gasteiger partial charge in [0.1, 0.15) is 11.6 Å². The van der Waals surface area contributed by atoms with E-state index in [1.165, 1.54) is 6.92 Å². The molecule has 0 heterocycles. The molecule has 8 heteroatoms. The molecule has 3 N–H and O–H groups in total. The minimum absolute atomic E-state index is 0.0379. The number of benzene rings is 2. The van der Waals surface area contributed by atoms with E-state index in [0.29, 0.717) is 17.6 Å². The first-order valence-electron chi connectivity index (χ1n) is 6.04. The minimum atomic E-state index is -3.92. The number of rotatable bonds is 2. The van der Waals surface area contributed by atoms with Crippen LogP contribution in [0, 0.1) is 5.41 Å². The summed E-state index contributed by atoms with van der Waals surface area (Å²) in [6.07, 6.45) is 0.604. The van der Waals surface area contributed by atoms with Crippen molar-refractivity contribution in [3.05, 3.63) is 42.0 Å². The van der Waals surface area contributed by atoms with Crippen molar-refractivity contribution in [2.24, 2.45) is 5.73 Å². The summed E-state index contributed by atoms with van der Waals surface area (Å²) in [6.45, 7) is 1.36. The Morgan fingerprint density at radius 3 is 2.18 bits per heavy atom. The predicted octanol–water partition coefficient (Wildman–Crippen LogP) is 1.21. The van der Waals surface area contributed by atoms with Gasteiger partial charge in [-0.1, -0.05) is 18.2 Å². The number of ether oxygens (including phenoxy) is 1. The van der Waals surface area contributed by atoms with E-state index in [2.05, 4.69) is 0 Å². The number of carbonyl (C=O) groups excluding carboxylic acids is 1. The zero-order valence-corrected chi connectivity index (χ0v) is 12.8. The number of hydrogen-bond acceptors (Lipinski definition) is 6. The molecule has 22 heavy (non-hydrogen) atoms. The molecule has 0 unspecified atom stereocenters. The molecular formula is C14H15N2O5S-. The SMILES string of the molecule is CC(=O)Oc1ccc2cc(C(=N)N)ccc2c1.CS(=O)(=O)[O-]. The van der Waals surface area contributed by atoms with Gasteiger partial charge in [0.15, 0.2) is 0 Å². The van der Waals surface area contributed by atoms with Gasteiger partial charge < -0.3 is 15.0 Å². The number of nitrogens with one attached hydrogen (secondary N) is 1. The van der Waals surface area contributed by atoms with Gasteiger partial charge in [-0.05, 0) is 29.0 Å². The monoisotopic (exact) mass is 323 g/mol. The average Bonchev–Trinajstić information content (AvgIpc) is 2.35. The fourth-order valence-electron chi connectivity index (χ4n) is 1.62. The molecule has 118 valence electrons. The Bertz CT molecular complexity index is 807. The summed E-state index contributed by atoms with van der Waals surface area (Å²) >= 11 is 0. The van der Waals surface area contributed by atoms with Crippen molar-refractivity contribution in [1.29, 1.82) is 5.41 Å². The lowest BCUT2D eigenvalue weighted by molar-refractivity contribution is -0.131. The van der Waals surface area contributed by atoms with Crippen molar-refractivity contribution in [3.63, 3.8) is 0 Å². The third kappa shape index (κ3) is 6.33. The third-order valence-corrected chi connectivity index (χ3v) is 2.38. The molecule has 0 spiro atoms. The maximum atomic E-state index is 10.8. The second-order valence-electron chi connectivity index (χ2n) is 4.44. The molecule has 0 atom stereocenters. The molecule has 2 aromatic rings. The summed E-state index contributed by atoms with van der Waals surface area (Å²) in [4.78, 5) is 10.8. The molecule has 0 bridgehead atoms. The topological polar surface area (TPSA) is 133 Å². The number of amidine groups is 1. The summed E-state index contributed by atoms with van der Waals surface area (Å²) in [6, 6.07) is 10.8. The Balaban J connectivity index is 0.000000422. The zero-order chi connectivity index (χ0) is 16.9. The summed E-state index contributed by atoms with van der Waals surface area (Å²) in [7, 11) is -3.92. The molecule has 2 rings (SSSR count). The molecule has 0 amide bonds. The largest absolute Gasteiger partial charge is 0.748 e. The van der Waals surface area contributed by atoms with Crippen molar-refractivity contribution in [2.45, 2.75) is 6.92 Å². The van der Waals surface area contributed by atoms with Crippen LogP contribution < -0.4 is 10.5 Å². The van der Waals surface area contributed by atoms with Crippen molar-refractivity contribution in [2.75, 3.05) is 6.26 Å². The molecule has 0 radical (unpaired) electrons. The van der Waals surface area contributed by atoms with Crippen molar-refractivity contribution >= 4 is 32.7 Å². The van der Waals surface area contributed by atoms with E-state index in [1.807, 2.05) is 18.2 Å². The molecule has 0 fully saturated rings. The minimum Gasteiger partial charge on any atom is -0.748 e. The normalized spacial score (nSPS) is 10.5. The molecule has 0 aliphatic heterocycles. The number of hydrogen-bond donors (Lipinski definition) is 2. The molecule has 0 saturated carbocycles. The Hall–Kier alpha value is -2.45. The van der Waals surface area contributed by atoms with E-state index in [0.717, 1.165) is 10.8 Å². The molecule has 7 nitrogen and oxygen atoms in total. The van der Waals surface area contributed by atoms with Crippen LogP contribution in [0.5, 0.6) is 5.75 Å². The van der Waals surface area contributed by atoms with Gasteiger partial charge in [0.05, 0.1) is 10.1 Å². The molecule has 0 aliphatic carbocycles. The van der Waals surface area contributed by atoms with Gasteiger partial charge >= 0.3 is 5.97 Å². The van der Waals surface area contributed by atoms with Crippen LogP contribution in [-0.2, 0) is 14.9 Å². The van der Waals surface area contributed by atoms with Gasteiger partial charge in [0.2, 0.25) is 0 Å². The van der Waals surface area contributed by atoms with Crippen LogP contribution in [-0.4, -0.2) is 31.0 Å². The lowest BCUT2D eigenvalue weighted by Crippen LogP contribution is -2.10. The van der Waals surface area contributed by atoms with Gasteiger partial charge in [-0.15, -0.1) is 0 Å². The Labute approximate surface area is 128 Å². The van der Waals surface area contributed by atoms with Gasteiger partial charge in [-0.25, -0.2) is 8.42 Å². The van der Waals surface area contributed by atoms with Crippen LogP contribution in [0.1, 0.15) is 12.5 Å². The molecule has 2 aromatic carbocycles. The number of esters is 1. The summed E-state index contributed by atoms with van der Waals surface area (Å²) in [5.74, 6) is 0.209. The Morgan fingerprint density at radius 2 is 1.68 bits per heavy atom. The van der Waals surface area contributed by atoms with Crippen molar-refractivity contribution < 1.29 is 22.5 Å². The number of nitrogens with two attached hydrogens (primary N) is 1. The van der Waals surface area contributed by atoms with Gasteiger partial charge in [0.25, 0.3) is 0 Å². The lowest BCUT2D eigenvalue weighted by Gasteiger charge is -2.05. The van der Waals surface area contributed by atoms with E-state index >= 15 is 0 Å². The summed E-state index contributed by atoms with van der Waals surface area (Å²) in [5, 5.41) is 9.24. The van der Waals surface area contributed by atoms with E-state index in [-0.39, 0.29) is 11.8 Å². The van der Waals surface area contributed by atoms with Crippen molar-refractivity contribution in [1.82, 2.24) is 0 Å². The first kappa shape index (κ1) is 17.6. The fourth-order valence-corrected chi connectivity index (χ4v) is 1.62. The Kier molecular flexibility index (Phi) is 5.61. The lowest BCUT2D eigenvalue weighted by atomic mass is 10.1. The molecular weight excluding hydrogens is 308 g/mol. The van der Waals surface area contributed by atoms with Crippen LogP contribution in [0.3, 0.4) is 0 Å². The molecule has 0 aromatic heterocycles. The second kappa shape index (κ2) is 7.01. The van der Waals surface area contributed by atoms with Crippen LogP contribution in [0.4, 0.5) is 0 Å². The zero-order valence-electron chi connectivity index (χ0n) is 12.0. The highest BCUT2D eigenvalue weighted by atomic mass is 32.2. The van der Waals surface area contributed by atoms with Crippen LogP contribution in [0.2, 0.25) is 0 Å². The average molecular weight is 323 g/mol. The number of carbonyl (C=O) groups is 1. The van der Waals surface area contributed by atoms with Crippen LogP contribution in [0.25, 0.3) is 10.8 Å². The first-order valence-corrected chi connectivity index (χ1v) is 7.85. The fraction of sp³-hybridized carbons (Fsp3) is 0.143. The highest BCUT2D eigenvalue weighted by Crippen LogP contribution is 2.22. The highest BCUT2D eigenvalue weighted by Gasteiger charge is 2.02. The standard InChI is InChI=1S/C13H12N2O2.CH4O3S/c1-8(16)17-12-5-4-9-6-11(13(14)15)3-2-10(9)7-12;1-5(2,3)4/h2-7H,1H3,(H3,14,15);1H3,(H,2,3,4)/p-1. The quantitative estimate of drug-likeness (QED) is 0.280.